The number of fused-ring (bicyclic) bond motifs is 2. The fourth-order valence-corrected chi connectivity index (χ4v) is 4.10. The topological polar surface area (TPSA) is 75.3 Å². The van der Waals surface area contributed by atoms with Gasteiger partial charge in [-0.05, 0) is 12.1 Å². The van der Waals surface area contributed by atoms with Gasteiger partial charge in [0.1, 0.15) is 35.8 Å². The molecular formula is C20H20F3N5O2. The highest BCUT2D eigenvalue weighted by molar-refractivity contribution is 5.88. The van der Waals surface area contributed by atoms with E-state index in [9.17, 15) is 13.2 Å². The summed E-state index contributed by atoms with van der Waals surface area (Å²) in [5.41, 5.74) is 0.236. The lowest BCUT2D eigenvalue weighted by molar-refractivity contribution is -0.140. The maximum absolute atomic E-state index is 13.2. The summed E-state index contributed by atoms with van der Waals surface area (Å²) in [6.45, 7) is 3.25. The minimum atomic E-state index is -4.49. The number of para-hydroxylation sites is 1. The van der Waals surface area contributed by atoms with Gasteiger partial charge in [0.2, 0.25) is 0 Å². The predicted molar refractivity (Wildman–Crippen MR) is 103 cm³/mol. The van der Waals surface area contributed by atoms with Crippen molar-refractivity contribution in [1.82, 2.24) is 19.9 Å². The van der Waals surface area contributed by atoms with Crippen molar-refractivity contribution < 1.29 is 22.6 Å². The monoisotopic (exact) mass is 419 g/mol. The number of hydrogen-bond donors (Lipinski definition) is 2. The largest absolute Gasteiger partial charge is 0.491 e. The van der Waals surface area contributed by atoms with Gasteiger partial charge in [-0.2, -0.15) is 13.2 Å². The van der Waals surface area contributed by atoms with Crippen LogP contribution in [-0.2, 0) is 10.9 Å². The molecule has 0 spiro atoms. The molecule has 2 aliphatic rings. The molecule has 0 radical (unpaired) electrons. The van der Waals surface area contributed by atoms with Crippen molar-refractivity contribution in [3.05, 3.63) is 47.9 Å². The molecule has 0 bridgehead atoms. The number of ether oxygens (including phenoxy) is 2. The second-order valence-corrected chi connectivity index (χ2v) is 7.35. The van der Waals surface area contributed by atoms with Crippen molar-refractivity contribution in [1.29, 1.82) is 0 Å². The molecule has 0 saturated carbocycles. The summed E-state index contributed by atoms with van der Waals surface area (Å²) in [5, 5.41) is 3.69. The zero-order valence-corrected chi connectivity index (χ0v) is 15.9. The molecule has 7 nitrogen and oxygen atoms in total. The van der Waals surface area contributed by atoms with Crippen LogP contribution in [0, 0.1) is 0 Å². The van der Waals surface area contributed by atoms with E-state index in [2.05, 4.69) is 25.2 Å². The fraction of sp³-hybridized carbons (Fsp3) is 0.400. The number of aromatic nitrogens is 3. The van der Waals surface area contributed by atoms with Gasteiger partial charge in [-0.25, -0.2) is 9.97 Å². The van der Waals surface area contributed by atoms with E-state index in [0.29, 0.717) is 31.0 Å². The van der Waals surface area contributed by atoms with Gasteiger partial charge in [0, 0.05) is 18.7 Å². The number of halogens is 3. The summed E-state index contributed by atoms with van der Waals surface area (Å²) in [7, 11) is 0. The van der Waals surface area contributed by atoms with Gasteiger partial charge in [-0.1, -0.05) is 18.2 Å². The predicted octanol–water partition coefficient (Wildman–Crippen LogP) is 3.22. The van der Waals surface area contributed by atoms with Crippen LogP contribution in [0.1, 0.15) is 17.3 Å². The van der Waals surface area contributed by atoms with Crippen molar-refractivity contribution in [2.45, 2.75) is 18.3 Å². The maximum Gasteiger partial charge on any atom is 0.431 e. The minimum absolute atomic E-state index is 0.0187. The summed E-state index contributed by atoms with van der Waals surface area (Å²) in [5.74, 6) is 1.11. The van der Waals surface area contributed by atoms with Gasteiger partial charge in [-0.3, -0.25) is 4.90 Å². The zero-order chi connectivity index (χ0) is 20.7. The van der Waals surface area contributed by atoms with Gasteiger partial charge in [0.15, 0.2) is 0 Å². The molecule has 10 heteroatoms. The third kappa shape index (κ3) is 3.46. The average molecular weight is 419 g/mol. The van der Waals surface area contributed by atoms with Crippen LogP contribution in [0.3, 0.4) is 0 Å². The van der Waals surface area contributed by atoms with E-state index in [1.807, 2.05) is 24.3 Å². The van der Waals surface area contributed by atoms with Gasteiger partial charge in [0.05, 0.1) is 30.7 Å². The molecule has 0 amide bonds. The lowest BCUT2D eigenvalue weighted by Crippen LogP contribution is -2.52. The van der Waals surface area contributed by atoms with Crippen LogP contribution in [0.5, 0.6) is 5.75 Å². The Labute approximate surface area is 170 Å². The van der Waals surface area contributed by atoms with Crippen LogP contribution >= 0.6 is 0 Å². The quantitative estimate of drug-likeness (QED) is 0.679. The number of morpholine rings is 1. The molecule has 2 unspecified atom stereocenters. The van der Waals surface area contributed by atoms with Gasteiger partial charge in [-0.15, -0.1) is 0 Å². The average Bonchev–Trinajstić information content (AvgIpc) is 3.21. The highest BCUT2D eigenvalue weighted by atomic mass is 19.4. The first-order chi connectivity index (χ1) is 14.5. The standard InChI is InChI=1S/C20H20F3N5O2/c21-20(22,23)16-9-13-18(26-16)24-11-25-19(13)27-17-12-3-1-2-4-15(12)30-10-14(17)28-5-7-29-8-6-28/h1-4,9,11,14,17H,5-8,10H2,(H2,24,25,26,27). The van der Waals surface area contributed by atoms with E-state index in [-0.39, 0.29) is 17.7 Å². The van der Waals surface area contributed by atoms with Crippen molar-refractivity contribution in [2.24, 2.45) is 0 Å². The highest BCUT2D eigenvalue weighted by Crippen LogP contribution is 2.38. The number of benzene rings is 1. The first kappa shape index (κ1) is 19.1. The van der Waals surface area contributed by atoms with Crippen LogP contribution in [-0.4, -0.2) is 58.8 Å². The minimum Gasteiger partial charge on any atom is -0.491 e. The van der Waals surface area contributed by atoms with Crippen LogP contribution in [0.2, 0.25) is 0 Å². The first-order valence-corrected chi connectivity index (χ1v) is 9.71. The van der Waals surface area contributed by atoms with Crippen molar-refractivity contribution in [3.8, 4) is 5.75 Å². The molecule has 158 valence electrons. The van der Waals surface area contributed by atoms with E-state index >= 15 is 0 Å². The molecule has 4 heterocycles. The highest BCUT2D eigenvalue weighted by Gasteiger charge is 2.37. The Hall–Kier alpha value is -2.85. The third-order valence-corrected chi connectivity index (χ3v) is 5.59. The molecular weight excluding hydrogens is 399 g/mol. The van der Waals surface area contributed by atoms with Gasteiger partial charge in [0.25, 0.3) is 0 Å². The summed E-state index contributed by atoms with van der Waals surface area (Å²) in [6.07, 6.45) is -3.23. The van der Waals surface area contributed by atoms with Crippen LogP contribution < -0.4 is 10.1 Å². The molecule has 2 aliphatic heterocycles. The Morgan fingerprint density at radius 1 is 1.13 bits per heavy atom. The summed E-state index contributed by atoms with van der Waals surface area (Å²) < 4.78 is 51.0. The Morgan fingerprint density at radius 3 is 2.73 bits per heavy atom. The zero-order valence-electron chi connectivity index (χ0n) is 15.9. The smallest absolute Gasteiger partial charge is 0.431 e. The van der Waals surface area contributed by atoms with Crippen LogP contribution in [0.4, 0.5) is 19.0 Å². The molecule has 1 saturated heterocycles. The number of rotatable bonds is 3. The van der Waals surface area contributed by atoms with Gasteiger partial charge < -0.3 is 19.8 Å². The number of nitrogens with zero attached hydrogens (tertiary/aromatic N) is 3. The SMILES string of the molecule is FC(F)(F)c1cc2c(NC3c4ccccc4OCC3N3CCOCC3)ncnc2[nH]1. The van der Waals surface area contributed by atoms with Gasteiger partial charge >= 0.3 is 6.18 Å². The normalized spacial score (nSPS) is 22.5. The Kier molecular flexibility index (Phi) is 4.75. The Morgan fingerprint density at radius 2 is 1.93 bits per heavy atom. The molecule has 5 rings (SSSR count). The molecule has 3 aromatic rings. The van der Waals surface area contributed by atoms with Crippen LogP contribution in [0.15, 0.2) is 36.7 Å². The molecule has 2 atom stereocenters. The molecule has 1 aromatic carbocycles. The summed E-state index contributed by atoms with van der Waals surface area (Å²) in [6, 6.07) is 8.50. The number of alkyl halides is 3. The number of H-pyrrole nitrogens is 1. The lowest BCUT2D eigenvalue weighted by Gasteiger charge is -2.42. The molecule has 0 aliphatic carbocycles. The van der Waals surface area contributed by atoms with Crippen molar-refractivity contribution in [2.75, 3.05) is 38.2 Å². The number of aromatic amines is 1. The summed E-state index contributed by atoms with van der Waals surface area (Å²) in [4.78, 5) is 12.8. The third-order valence-electron chi connectivity index (χ3n) is 5.59. The number of hydrogen-bond acceptors (Lipinski definition) is 6. The van der Waals surface area contributed by atoms with E-state index in [1.54, 1.807) is 0 Å². The fourth-order valence-electron chi connectivity index (χ4n) is 4.10. The molecule has 2 N–H and O–H groups in total. The Balaban J connectivity index is 1.54. The molecule has 1 fully saturated rings. The van der Waals surface area contributed by atoms with E-state index in [0.717, 1.165) is 30.5 Å². The second kappa shape index (κ2) is 7.44. The maximum atomic E-state index is 13.2. The van der Waals surface area contributed by atoms with Crippen molar-refractivity contribution >= 4 is 16.9 Å². The first-order valence-electron chi connectivity index (χ1n) is 9.71. The lowest BCUT2D eigenvalue weighted by atomic mass is 9.94. The second-order valence-electron chi connectivity index (χ2n) is 7.35. The molecule has 30 heavy (non-hydrogen) atoms. The van der Waals surface area contributed by atoms with E-state index in [4.69, 9.17) is 9.47 Å². The van der Waals surface area contributed by atoms with E-state index in [1.165, 1.54) is 6.33 Å². The van der Waals surface area contributed by atoms with E-state index < -0.39 is 11.9 Å². The van der Waals surface area contributed by atoms with Crippen LogP contribution in [0.25, 0.3) is 11.0 Å². The number of nitrogens with one attached hydrogen (secondary N) is 2. The number of anilines is 1. The van der Waals surface area contributed by atoms with Crippen molar-refractivity contribution in [3.63, 3.8) is 0 Å². The Bertz CT molecular complexity index is 1050. The molecule has 2 aromatic heterocycles. The summed E-state index contributed by atoms with van der Waals surface area (Å²) >= 11 is 0.